The molecule has 0 saturated heterocycles. The maximum atomic E-state index is 12.4. The molecule has 4 aromatic heterocycles. The Morgan fingerprint density at radius 1 is 0.821 bits per heavy atom. The van der Waals surface area contributed by atoms with Crippen LogP contribution in [0.25, 0.3) is 44.8 Å². The van der Waals surface area contributed by atoms with Crippen molar-refractivity contribution in [3.05, 3.63) is 88.4 Å². The number of nitrogens with zero attached hydrogens (tertiary/aromatic N) is 1. The van der Waals surface area contributed by atoms with E-state index in [2.05, 4.69) is 19.9 Å². The quantitative estimate of drug-likeness (QED) is 0.397. The predicted molar refractivity (Wildman–Crippen MR) is 112 cm³/mol. The van der Waals surface area contributed by atoms with E-state index in [9.17, 15) is 4.79 Å². The number of H-pyrrole nitrogens is 3. The van der Waals surface area contributed by atoms with Crippen LogP contribution < -0.4 is 5.56 Å². The van der Waals surface area contributed by atoms with E-state index in [1.54, 1.807) is 18.3 Å². The number of aromatic nitrogens is 4. The lowest BCUT2D eigenvalue weighted by Crippen LogP contribution is -2.06. The summed E-state index contributed by atoms with van der Waals surface area (Å²) in [5.41, 5.74) is 5.70. The van der Waals surface area contributed by atoms with Crippen molar-refractivity contribution < 1.29 is 0 Å². The summed E-state index contributed by atoms with van der Waals surface area (Å²) in [5, 5.41) is 1.54. The first-order valence-corrected chi connectivity index (χ1v) is 9.18. The fourth-order valence-corrected chi connectivity index (χ4v) is 3.68. The lowest BCUT2D eigenvalue weighted by atomic mass is 10.0. The maximum Gasteiger partial charge on any atom is 0.249 e. The molecule has 0 amide bonds. The molecule has 0 saturated carbocycles. The zero-order valence-corrected chi connectivity index (χ0v) is 15.4. The summed E-state index contributed by atoms with van der Waals surface area (Å²) < 4.78 is 0. The molecule has 6 heteroatoms. The van der Waals surface area contributed by atoms with Crippen LogP contribution in [0.4, 0.5) is 0 Å². The average molecular weight is 387 g/mol. The summed E-state index contributed by atoms with van der Waals surface area (Å²) in [6, 6.07) is 18.9. The van der Waals surface area contributed by atoms with Crippen molar-refractivity contribution in [3.8, 4) is 33.8 Å². The molecule has 0 aliphatic carbocycles. The Bertz CT molecular complexity index is 1350. The third-order valence-electron chi connectivity index (χ3n) is 4.74. The van der Waals surface area contributed by atoms with Gasteiger partial charge in [0.25, 0.3) is 0 Å². The molecule has 0 unspecified atom stereocenters. The number of pyridine rings is 2. The van der Waals surface area contributed by atoms with Crippen LogP contribution >= 0.6 is 11.6 Å². The molecular weight excluding hydrogens is 372 g/mol. The van der Waals surface area contributed by atoms with Gasteiger partial charge in [-0.15, -0.1) is 0 Å². The Balaban J connectivity index is 1.70. The van der Waals surface area contributed by atoms with E-state index in [-0.39, 0.29) is 5.56 Å². The van der Waals surface area contributed by atoms with Gasteiger partial charge in [-0.05, 0) is 47.5 Å². The fourth-order valence-electron chi connectivity index (χ4n) is 3.45. The molecule has 5 aromatic rings. The van der Waals surface area contributed by atoms with Gasteiger partial charge in [-0.25, -0.2) is 4.98 Å². The molecule has 0 spiro atoms. The molecule has 1 aromatic carbocycles. The van der Waals surface area contributed by atoms with Crippen LogP contribution in [0.3, 0.4) is 0 Å². The van der Waals surface area contributed by atoms with Crippen molar-refractivity contribution in [2.45, 2.75) is 0 Å². The first kappa shape index (κ1) is 16.6. The minimum atomic E-state index is -0.183. The highest BCUT2D eigenvalue weighted by molar-refractivity contribution is 6.33. The van der Waals surface area contributed by atoms with Crippen molar-refractivity contribution in [1.29, 1.82) is 0 Å². The number of hydrogen-bond acceptors (Lipinski definition) is 2. The Labute approximate surface area is 165 Å². The summed E-state index contributed by atoms with van der Waals surface area (Å²) in [6.45, 7) is 0. The van der Waals surface area contributed by atoms with Crippen LogP contribution in [-0.2, 0) is 0 Å². The van der Waals surface area contributed by atoms with Crippen LogP contribution in [0.1, 0.15) is 0 Å². The average Bonchev–Trinajstić information content (AvgIpc) is 3.37. The van der Waals surface area contributed by atoms with Gasteiger partial charge in [0, 0.05) is 34.4 Å². The molecule has 5 nitrogen and oxygen atoms in total. The van der Waals surface area contributed by atoms with Crippen molar-refractivity contribution in [1.82, 2.24) is 19.9 Å². The highest BCUT2D eigenvalue weighted by Crippen LogP contribution is 2.33. The Hall–Kier alpha value is -3.57. The largest absolute Gasteiger partial charge is 0.360 e. The molecule has 0 radical (unpaired) electrons. The van der Waals surface area contributed by atoms with Crippen molar-refractivity contribution in [2.75, 3.05) is 0 Å². The summed E-state index contributed by atoms with van der Waals surface area (Å²) in [5.74, 6) is 0. The number of aromatic amines is 3. The smallest absolute Gasteiger partial charge is 0.249 e. The molecular formula is C22H15ClN4O. The minimum absolute atomic E-state index is 0.183. The second-order valence-corrected chi connectivity index (χ2v) is 6.92. The van der Waals surface area contributed by atoms with Gasteiger partial charge >= 0.3 is 0 Å². The normalized spacial score (nSPS) is 11.2. The number of halogens is 1. The summed E-state index contributed by atoms with van der Waals surface area (Å²) >= 11 is 6.32. The second-order valence-electron chi connectivity index (χ2n) is 6.51. The Morgan fingerprint density at radius 2 is 1.71 bits per heavy atom. The van der Waals surface area contributed by atoms with Gasteiger partial charge in [-0.3, -0.25) is 4.79 Å². The van der Waals surface area contributed by atoms with E-state index < -0.39 is 0 Å². The molecule has 5 rings (SSSR count). The first-order valence-electron chi connectivity index (χ1n) is 8.80. The zero-order valence-electron chi connectivity index (χ0n) is 14.7. The molecule has 0 aliphatic heterocycles. The fraction of sp³-hybridized carbons (Fsp3) is 0. The number of benzene rings is 1. The lowest BCUT2D eigenvalue weighted by Gasteiger charge is -2.08. The molecule has 136 valence electrons. The van der Waals surface area contributed by atoms with E-state index in [4.69, 9.17) is 11.6 Å². The number of rotatable bonds is 3. The van der Waals surface area contributed by atoms with E-state index in [1.165, 1.54) is 0 Å². The summed E-state index contributed by atoms with van der Waals surface area (Å²) in [4.78, 5) is 26.2. The molecule has 3 N–H and O–H groups in total. The van der Waals surface area contributed by atoms with Crippen molar-refractivity contribution in [3.63, 3.8) is 0 Å². The standard InChI is InChI=1S/C22H15ClN4O/c23-17-5-2-1-4-15(17)19-10-13(11-21(28)26-19)14-7-9-25-22-16(14)12-20(27-22)18-6-3-8-24-18/h1-12,24H,(H,25,27)(H,26,28). The number of fused-ring (bicyclic) bond motifs is 1. The molecule has 0 atom stereocenters. The highest BCUT2D eigenvalue weighted by Gasteiger charge is 2.12. The monoisotopic (exact) mass is 386 g/mol. The van der Waals surface area contributed by atoms with Gasteiger partial charge in [0.05, 0.1) is 17.1 Å². The third kappa shape index (κ3) is 2.82. The Morgan fingerprint density at radius 3 is 2.54 bits per heavy atom. The zero-order chi connectivity index (χ0) is 19.1. The summed E-state index contributed by atoms with van der Waals surface area (Å²) in [6.07, 6.45) is 3.62. The third-order valence-corrected chi connectivity index (χ3v) is 5.07. The predicted octanol–water partition coefficient (Wildman–Crippen LogP) is 5.23. The molecule has 0 bridgehead atoms. The number of hydrogen-bond donors (Lipinski definition) is 3. The van der Waals surface area contributed by atoms with E-state index in [0.29, 0.717) is 10.7 Å². The molecule has 0 aliphatic rings. The Kier molecular flexibility index (Phi) is 3.88. The van der Waals surface area contributed by atoms with Crippen LogP contribution in [0, 0.1) is 0 Å². The SMILES string of the molecule is O=c1cc(-c2ccnc3[nH]c(-c4ccc[nH]4)cc23)cc(-c2ccccc2Cl)[nH]1. The molecule has 0 fully saturated rings. The van der Waals surface area contributed by atoms with Gasteiger partial charge in [-0.1, -0.05) is 29.8 Å². The lowest BCUT2D eigenvalue weighted by molar-refractivity contribution is 1.24. The van der Waals surface area contributed by atoms with E-state index in [1.807, 2.05) is 54.7 Å². The van der Waals surface area contributed by atoms with Gasteiger partial charge in [-0.2, -0.15) is 0 Å². The highest BCUT2D eigenvalue weighted by atomic mass is 35.5. The van der Waals surface area contributed by atoms with Gasteiger partial charge in [0.2, 0.25) is 5.56 Å². The minimum Gasteiger partial charge on any atom is -0.360 e. The molecule has 28 heavy (non-hydrogen) atoms. The van der Waals surface area contributed by atoms with Crippen molar-refractivity contribution >= 4 is 22.6 Å². The number of nitrogens with one attached hydrogen (secondary N) is 3. The van der Waals surface area contributed by atoms with Gasteiger partial charge in [0.15, 0.2) is 0 Å². The topological polar surface area (TPSA) is 77.3 Å². The van der Waals surface area contributed by atoms with Gasteiger partial charge in [0.1, 0.15) is 5.65 Å². The van der Waals surface area contributed by atoms with Crippen LogP contribution in [0.2, 0.25) is 5.02 Å². The van der Waals surface area contributed by atoms with Gasteiger partial charge < -0.3 is 15.0 Å². The van der Waals surface area contributed by atoms with Crippen molar-refractivity contribution in [2.24, 2.45) is 0 Å². The van der Waals surface area contributed by atoms with Crippen LogP contribution in [0.5, 0.6) is 0 Å². The summed E-state index contributed by atoms with van der Waals surface area (Å²) in [7, 11) is 0. The van der Waals surface area contributed by atoms with E-state index >= 15 is 0 Å². The first-order chi connectivity index (χ1) is 13.7. The van der Waals surface area contributed by atoms with Crippen LogP contribution in [0.15, 0.2) is 77.9 Å². The maximum absolute atomic E-state index is 12.4. The molecule has 4 heterocycles. The second kappa shape index (κ2) is 6.55. The van der Waals surface area contributed by atoms with E-state index in [0.717, 1.165) is 39.1 Å². The van der Waals surface area contributed by atoms with Crippen LogP contribution in [-0.4, -0.2) is 19.9 Å².